The predicted molar refractivity (Wildman–Crippen MR) is 77.4 cm³/mol. The molecule has 0 saturated heterocycles. The molecule has 1 aromatic rings. The molecule has 1 aromatic carbocycles. The van der Waals surface area contributed by atoms with Crippen LogP contribution in [-0.4, -0.2) is 30.3 Å². The van der Waals surface area contributed by atoms with E-state index in [-0.39, 0.29) is 5.92 Å². The van der Waals surface area contributed by atoms with E-state index in [1.165, 1.54) is 4.90 Å². The summed E-state index contributed by atoms with van der Waals surface area (Å²) in [7, 11) is 0. The van der Waals surface area contributed by atoms with Crippen molar-refractivity contribution >= 4 is 30.1 Å². The number of rotatable bonds is 7. The molecule has 0 spiro atoms. The third-order valence-electron chi connectivity index (χ3n) is 3.06. The second-order valence-corrected chi connectivity index (χ2v) is 4.94. The van der Waals surface area contributed by atoms with Gasteiger partial charge in [0.2, 0.25) is 12.8 Å². The Morgan fingerprint density at radius 2 is 2.15 bits per heavy atom. The van der Waals surface area contributed by atoms with Crippen molar-refractivity contribution in [2.45, 2.75) is 25.8 Å². The van der Waals surface area contributed by atoms with Gasteiger partial charge in [-0.25, -0.2) is 0 Å². The molecule has 2 unspecified atom stereocenters. The van der Waals surface area contributed by atoms with Gasteiger partial charge in [-0.3, -0.25) is 9.59 Å². The number of carbonyl (C=O) groups excluding carboxylic acids is 2. The van der Waals surface area contributed by atoms with Crippen LogP contribution in [-0.2, 0) is 9.59 Å². The molecular weight excluding hydrogens is 278 g/mol. The van der Waals surface area contributed by atoms with Crippen molar-refractivity contribution in [2.75, 3.05) is 11.9 Å². The molecule has 0 aliphatic carbocycles. The Labute approximate surface area is 123 Å². The molecule has 2 amide bonds. The Morgan fingerprint density at radius 1 is 1.45 bits per heavy atom. The van der Waals surface area contributed by atoms with Gasteiger partial charge in [-0.2, -0.15) is 5.26 Å². The first-order valence-electron chi connectivity index (χ1n) is 6.13. The van der Waals surface area contributed by atoms with E-state index >= 15 is 0 Å². The van der Waals surface area contributed by atoms with Crippen LogP contribution in [0.15, 0.2) is 18.2 Å². The van der Waals surface area contributed by atoms with E-state index in [0.717, 1.165) is 5.56 Å². The first kappa shape index (κ1) is 16.0. The summed E-state index contributed by atoms with van der Waals surface area (Å²) in [5.41, 5.74) is 1.47. The van der Waals surface area contributed by atoms with Crippen LogP contribution in [0.1, 0.15) is 25.3 Å². The molecule has 0 fully saturated rings. The molecule has 0 aromatic heterocycles. The average molecular weight is 294 g/mol. The highest BCUT2D eigenvalue weighted by atomic mass is 35.5. The summed E-state index contributed by atoms with van der Waals surface area (Å²) in [6.07, 6.45) is 1.25. The van der Waals surface area contributed by atoms with Gasteiger partial charge in [0.25, 0.3) is 0 Å². The van der Waals surface area contributed by atoms with Gasteiger partial charge < -0.3 is 10.2 Å². The van der Waals surface area contributed by atoms with Crippen LogP contribution < -0.4 is 5.32 Å². The van der Waals surface area contributed by atoms with E-state index in [9.17, 15) is 9.59 Å². The van der Waals surface area contributed by atoms with Gasteiger partial charge in [0.15, 0.2) is 0 Å². The van der Waals surface area contributed by atoms with E-state index in [1.54, 1.807) is 25.1 Å². The summed E-state index contributed by atoms with van der Waals surface area (Å²) in [5, 5.41) is 12.0. The lowest BCUT2D eigenvalue weighted by molar-refractivity contribution is -0.119. The first-order chi connectivity index (χ1) is 9.53. The number of nitrogens with zero attached hydrogens (tertiary/aromatic N) is 2. The van der Waals surface area contributed by atoms with Crippen LogP contribution in [0.3, 0.4) is 0 Å². The topological polar surface area (TPSA) is 73.2 Å². The van der Waals surface area contributed by atoms with Crippen molar-refractivity contribution in [3.8, 4) is 6.07 Å². The number of anilines is 1. The summed E-state index contributed by atoms with van der Waals surface area (Å²) in [5.74, 6) is -0.0721. The Balaban J connectivity index is 2.98. The van der Waals surface area contributed by atoms with Crippen LogP contribution >= 0.6 is 11.6 Å². The zero-order chi connectivity index (χ0) is 15.1. The fourth-order valence-electron chi connectivity index (χ4n) is 1.92. The van der Waals surface area contributed by atoms with E-state index < -0.39 is 6.04 Å². The number of hydrogen-bond donors (Lipinski definition) is 1. The van der Waals surface area contributed by atoms with Gasteiger partial charge in [0.1, 0.15) is 6.04 Å². The van der Waals surface area contributed by atoms with Crippen LogP contribution in [0.25, 0.3) is 0 Å². The number of hydrogen-bond acceptors (Lipinski definition) is 3. The molecular formula is C14H16ClN3O2. The van der Waals surface area contributed by atoms with E-state index in [4.69, 9.17) is 16.9 Å². The van der Waals surface area contributed by atoms with Crippen molar-refractivity contribution in [3.05, 3.63) is 28.8 Å². The fourth-order valence-corrected chi connectivity index (χ4v) is 2.10. The number of halogens is 1. The monoisotopic (exact) mass is 293 g/mol. The van der Waals surface area contributed by atoms with Gasteiger partial charge in [0.05, 0.1) is 6.07 Å². The van der Waals surface area contributed by atoms with E-state index in [2.05, 4.69) is 5.32 Å². The Hall–Kier alpha value is -2.06. The molecule has 0 heterocycles. The second-order valence-electron chi connectivity index (χ2n) is 4.50. The SMILES string of the molecule is CC(CN(C=O)C(C)C#N)c1cc(Cl)ccc1NC=O. The van der Waals surface area contributed by atoms with Crippen molar-refractivity contribution in [1.29, 1.82) is 5.26 Å². The molecule has 106 valence electrons. The smallest absolute Gasteiger partial charge is 0.211 e. The largest absolute Gasteiger partial charge is 0.329 e. The number of nitriles is 1. The van der Waals surface area contributed by atoms with E-state index in [1.807, 2.05) is 13.0 Å². The van der Waals surface area contributed by atoms with Gasteiger partial charge >= 0.3 is 0 Å². The summed E-state index contributed by atoms with van der Waals surface area (Å²) in [4.78, 5) is 23.1. The number of benzene rings is 1. The maximum absolute atomic E-state index is 11.0. The highest BCUT2D eigenvalue weighted by Crippen LogP contribution is 2.28. The van der Waals surface area contributed by atoms with Crippen molar-refractivity contribution < 1.29 is 9.59 Å². The van der Waals surface area contributed by atoms with Crippen molar-refractivity contribution in [2.24, 2.45) is 0 Å². The normalized spacial score (nSPS) is 12.9. The molecule has 0 aliphatic heterocycles. The zero-order valence-corrected chi connectivity index (χ0v) is 12.1. The molecule has 1 rings (SSSR count). The average Bonchev–Trinajstić information content (AvgIpc) is 2.45. The van der Waals surface area contributed by atoms with Crippen molar-refractivity contribution in [1.82, 2.24) is 4.90 Å². The quantitative estimate of drug-likeness (QED) is 0.784. The predicted octanol–water partition coefficient (Wildman–Crippen LogP) is 2.38. The highest BCUT2D eigenvalue weighted by molar-refractivity contribution is 6.30. The van der Waals surface area contributed by atoms with Crippen LogP contribution in [0.5, 0.6) is 0 Å². The van der Waals surface area contributed by atoms with Crippen LogP contribution in [0.2, 0.25) is 5.02 Å². The lowest BCUT2D eigenvalue weighted by atomic mass is 9.98. The molecule has 0 radical (unpaired) electrons. The van der Waals surface area contributed by atoms with Crippen molar-refractivity contribution in [3.63, 3.8) is 0 Å². The minimum absolute atomic E-state index is 0.0721. The number of amides is 2. The fraction of sp³-hybridized carbons (Fsp3) is 0.357. The minimum atomic E-state index is -0.503. The maximum atomic E-state index is 11.0. The van der Waals surface area contributed by atoms with Gasteiger partial charge in [-0.1, -0.05) is 18.5 Å². The van der Waals surface area contributed by atoms with E-state index in [0.29, 0.717) is 30.1 Å². The van der Waals surface area contributed by atoms with Crippen LogP contribution in [0.4, 0.5) is 5.69 Å². The third kappa shape index (κ3) is 3.97. The molecule has 20 heavy (non-hydrogen) atoms. The molecule has 0 aliphatic rings. The lowest BCUT2D eigenvalue weighted by Gasteiger charge is -2.25. The summed E-state index contributed by atoms with van der Waals surface area (Å²) in [6.45, 7) is 3.93. The summed E-state index contributed by atoms with van der Waals surface area (Å²) < 4.78 is 0. The van der Waals surface area contributed by atoms with Gasteiger partial charge in [0, 0.05) is 23.2 Å². The molecule has 0 saturated carbocycles. The Bertz CT molecular complexity index is 528. The third-order valence-corrected chi connectivity index (χ3v) is 3.30. The van der Waals surface area contributed by atoms with Gasteiger partial charge in [-0.05, 0) is 30.7 Å². The van der Waals surface area contributed by atoms with Gasteiger partial charge in [-0.15, -0.1) is 0 Å². The standard InChI is InChI=1S/C14H16ClN3O2/c1-10(7-18(9-20)11(2)6-16)13-5-12(15)3-4-14(13)17-8-19/h3-5,8-11H,7H2,1-2H3,(H,17,19). The number of nitrogens with one attached hydrogen (secondary N) is 1. The molecule has 0 bridgehead atoms. The zero-order valence-electron chi connectivity index (χ0n) is 11.3. The first-order valence-corrected chi connectivity index (χ1v) is 6.51. The molecule has 6 heteroatoms. The Kier molecular flexibility index (Phi) is 6.01. The summed E-state index contributed by atoms with van der Waals surface area (Å²) >= 11 is 5.97. The maximum Gasteiger partial charge on any atom is 0.211 e. The number of carbonyl (C=O) groups is 2. The Morgan fingerprint density at radius 3 is 2.70 bits per heavy atom. The lowest BCUT2D eigenvalue weighted by Crippen LogP contribution is -2.34. The molecule has 5 nitrogen and oxygen atoms in total. The minimum Gasteiger partial charge on any atom is -0.329 e. The second kappa shape index (κ2) is 7.51. The molecule has 1 N–H and O–H groups in total. The van der Waals surface area contributed by atoms with Crippen LogP contribution in [0, 0.1) is 11.3 Å². The highest BCUT2D eigenvalue weighted by Gasteiger charge is 2.18. The summed E-state index contributed by atoms with van der Waals surface area (Å²) in [6, 6.07) is 6.66. The molecule has 2 atom stereocenters.